The van der Waals surface area contributed by atoms with Gasteiger partial charge in [0.15, 0.2) is 0 Å². The number of nitrogens with one attached hydrogen (secondary N) is 1. The Balaban J connectivity index is 2.28. The van der Waals surface area contributed by atoms with Gasteiger partial charge in [0.2, 0.25) is 11.8 Å². The van der Waals surface area contributed by atoms with Gasteiger partial charge in [-0.15, -0.1) is 0 Å². The first-order valence-corrected chi connectivity index (χ1v) is 10.9. The van der Waals surface area contributed by atoms with E-state index in [1.54, 1.807) is 17.0 Å². The van der Waals surface area contributed by atoms with E-state index >= 15 is 0 Å². The number of carbonyl (C=O) groups is 2. The van der Waals surface area contributed by atoms with Crippen LogP contribution in [0.5, 0.6) is 0 Å². The number of nitrogens with zero attached hydrogens (tertiary/aromatic N) is 1. The van der Waals surface area contributed by atoms with E-state index < -0.39 is 6.04 Å². The second-order valence-corrected chi connectivity index (χ2v) is 7.49. The van der Waals surface area contributed by atoms with Crippen molar-refractivity contribution in [2.45, 2.75) is 45.7 Å². The third kappa shape index (κ3) is 7.47. The molecule has 0 saturated carbocycles. The number of halogens is 1. The summed E-state index contributed by atoms with van der Waals surface area (Å²) in [4.78, 5) is 27.9. The average molecular weight is 431 g/mol. The van der Waals surface area contributed by atoms with Crippen molar-refractivity contribution in [1.82, 2.24) is 10.2 Å². The van der Waals surface area contributed by atoms with Gasteiger partial charge in [-0.05, 0) is 43.0 Å². The molecule has 1 N–H and O–H groups in total. The number of rotatable bonds is 12. The molecule has 0 aliphatic carbocycles. The van der Waals surface area contributed by atoms with Crippen LogP contribution in [-0.2, 0) is 20.9 Å². The summed E-state index contributed by atoms with van der Waals surface area (Å²) in [7, 11) is 0. The lowest BCUT2D eigenvalue weighted by Crippen LogP contribution is -2.43. The number of amides is 2. The van der Waals surface area contributed by atoms with Crippen molar-refractivity contribution < 1.29 is 14.3 Å². The van der Waals surface area contributed by atoms with Gasteiger partial charge in [-0.3, -0.25) is 9.59 Å². The van der Waals surface area contributed by atoms with Gasteiger partial charge in [-0.25, -0.2) is 0 Å². The number of benzene rings is 2. The van der Waals surface area contributed by atoms with Crippen molar-refractivity contribution >= 4 is 23.4 Å². The zero-order valence-electron chi connectivity index (χ0n) is 17.8. The molecule has 2 rings (SSSR count). The van der Waals surface area contributed by atoms with Crippen molar-refractivity contribution in [3.05, 3.63) is 70.7 Å². The van der Waals surface area contributed by atoms with Gasteiger partial charge in [0, 0.05) is 37.7 Å². The summed E-state index contributed by atoms with van der Waals surface area (Å²) in [6.07, 6.45) is 1.82. The summed E-state index contributed by atoms with van der Waals surface area (Å²) in [5, 5.41) is 3.61. The third-order valence-corrected chi connectivity index (χ3v) is 4.95. The molecule has 0 spiro atoms. The molecule has 162 valence electrons. The van der Waals surface area contributed by atoms with Crippen LogP contribution >= 0.6 is 11.6 Å². The Kier molecular flexibility index (Phi) is 10.4. The van der Waals surface area contributed by atoms with Gasteiger partial charge in [0.05, 0.1) is 0 Å². The number of ether oxygens (including phenoxy) is 1. The molecule has 2 aromatic rings. The highest BCUT2D eigenvalue weighted by atomic mass is 35.5. The Bertz CT molecular complexity index is 781. The molecule has 2 aromatic carbocycles. The van der Waals surface area contributed by atoms with Crippen molar-refractivity contribution in [3.63, 3.8) is 0 Å². The minimum atomic E-state index is -0.701. The van der Waals surface area contributed by atoms with Crippen molar-refractivity contribution in [1.29, 1.82) is 0 Å². The smallest absolute Gasteiger partial charge is 0.247 e. The Morgan fingerprint density at radius 1 is 1.07 bits per heavy atom. The van der Waals surface area contributed by atoms with Crippen LogP contribution in [0.25, 0.3) is 0 Å². The minimum Gasteiger partial charge on any atom is -0.382 e. The highest BCUT2D eigenvalue weighted by molar-refractivity contribution is 6.30. The van der Waals surface area contributed by atoms with Crippen LogP contribution in [0.4, 0.5) is 0 Å². The number of hydrogen-bond acceptors (Lipinski definition) is 3. The zero-order valence-corrected chi connectivity index (χ0v) is 18.5. The predicted molar refractivity (Wildman–Crippen MR) is 120 cm³/mol. The maximum atomic E-state index is 13.2. The molecule has 0 aliphatic heterocycles. The Morgan fingerprint density at radius 3 is 2.40 bits per heavy atom. The Morgan fingerprint density at radius 2 is 1.77 bits per heavy atom. The average Bonchev–Trinajstić information content (AvgIpc) is 2.75. The van der Waals surface area contributed by atoms with Gasteiger partial charge < -0.3 is 15.0 Å². The maximum Gasteiger partial charge on any atom is 0.247 e. The summed E-state index contributed by atoms with van der Waals surface area (Å²) in [6.45, 7) is 5.99. The third-order valence-electron chi connectivity index (χ3n) is 4.69. The monoisotopic (exact) mass is 430 g/mol. The van der Waals surface area contributed by atoms with E-state index in [0.29, 0.717) is 44.2 Å². The molecule has 0 fully saturated rings. The summed E-state index contributed by atoms with van der Waals surface area (Å²) in [5.74, 6) is -0.234. The van der Waals surface area contributed by atoms with Crippen LogP contribution in [0.3, 0.4) is 0 Å². The quantitative estimate of drug-likeness (QED) is 0.494. The topological polar surface area (TPSA) is 58.6 Å². The summed E-state index contributed by atoms with van der Waals surface area (Å²) in [6, 6.07) is 16.1. The first-order chi connectivity index (χ1) is 14.6. The van der Waals surface area contributed by atoms with E-state index in [-0.39, 0.29) is 11.8 Å². The molecule has 0 unspecified atom stereocenters. The molecule has 0 bridgehead atoms. The summed E-state index contributed by atoms with van der Waals surface area (Å²) < 4.78 is 5.34. The standard InChI is InChI=1S/C24H31ClN2O3/c1-3-9-22(28)27(18-19-12-14-21(25)15-13-19)23(20-10-6-5-7-11-20)24(29)26-16-8-17-30-4-2/h5-7,10-15,23H,3-4,8-9,16-18H2,1-2H3,(H,26,29)/t23-/m0/s1. The fraction of sp³-hybridized carbons (Fsp3) is 0.417. The maximum absolute atomic E-state index is 13.2. The first-order valence-electron chi connectivity index (χ1n) is 10.5. The van der Waals surface area contributed by atoms with E-state index in [1.807, 2.05) is 56.3 Å². The second-order valence-electron chi connectivity index (χ2n) is 7.05. The van der Waals surface area contributed by atoms with Crippen molar-refractivity contribution in [2.75, 3.05) is 19.8 Å². The Labute approximate surface area is 184 Å². The highest BCUT2D eigenvalue weighted by Crippen LogP contribution is 2.25. The van der Waals surface area contributed by atoms with Crippen molar-refractivity contribution in [3.8, 4) is 0 Å². The lowest BCUT2D eigenvalue weighted by Gasteiger charge is -2.31. The van der Waals surface area contributed by atoms with Crippen LogP contribution in [0.15, 0.2) is 54.6 Å². The Hall–Kier alpha value is -2.37. The lowest BCUT2D eigenvalue weighted by molar-refractivity contribution is -0.141. The number of carbonyl (C=O) groups excluding carboxylic acids is 2. The molecule has 0 radical (unpaired) electrons. The zero-order chi connectivity index (χ0) is 21.8. The molecule has 0 heterocycles. The molecule has 0 aromatic heterocycles. The van der Waals surface area contributed by atoms with Crippen LogP contribution < -0.4 is 5.32 Å². The predicted octanol–water partition coefficient (Wildman–Crippen LogP) is 4.75. The van der Waals surface area contributed by atoms with Crippen LogP contribution in [0.2, 0.25) is 5.02 Å². The van der Waals surface area contributed by atoms with Crippen LogP contribution in [0.1, 0.15) is 50.3 Å². The minimum absolute atomic E-state index is 0.0502. The summed E-state index contributed by atoms with van der Waals surface area (Å²) in [5.41, 5.74) is 1.71. The van der Waals surface area contributed by atoms with E-state index in [4.69, 9.17) is 16.3 Å². The molecule has 2 amide bonds. The van der Waals surface area contributed by atoms with Gasteiger partial charge in [0.25, 0.3) is 0 Å². The highest BCUT2D eigenvalue weighted by Gasteiger charge is 2.30. The van der Waals surface area contributed by atoms with Crippen molar-refractivity contribution in [2.24, 2.45) is 0 Å². The van der Waals surface area contributed by atoms with Gasteiger partial charge in [-0.2, -0.15) is 0 Å². The van der Waals surface area contributed by atoms with Crippen LogP contribution in [0, 0.1) is 0 Å². The van der Waals surface area contributed by atoms with E-state index in [2.05, 4.69) is 5.32 Å². The van der Waals surface area contributed by atoms with E-state index in [0.717, 1.165) is 17.5 Å². The van der Waals surface area contributed by atoms with Crippen LogP contribution in [-0.4, -0.2) is 36.5 Å². The normalized spacial score (nSPS) is 11.7. The molecule has 30 heavy (non-hydrogen) atoms. The fourth-order valence-corrected chi connectivity index (χ4v) is 3.33. The van der Waals surface area contributed by atoms with Gasteiger partial charge in [0.1, 0.15) is 6.04 Å². The molecule has 1 atom stereocenters. The number of hydrogen-bond donors (Lipinski definition) is 1. The second kappa shape index (κ2) is 13.0. The molecule has 0 saturated heterocycles. The fourth-order valence-electron chi connectivity index (χ4n) is 3.20. The molecule has 5 nitrogen and oxygen atoms in total. The van der Waals surface area contributed by atoms with E-state index in [9.17, 15) is 9.59 Å². The lowest BCUT2D eigenvalue weighted by atomic mass is 10.0. The summed E-state index contributed by atoms with van der Waals surface area (Å²) >= 11 is 6.01. The largest absolute Gasteiger partial charge is 0.382 e. The first kappa shape index (κ1) is 23.9. The molecule has 6 heteroatoms. The van der Waals surface area contributed by atoms with Gasteiger partial charge >= 0.3 is 0 Å². The molecular weight excluding hydrogens is 400 g/mol. The SMILES string of the molecule is CCCC(=O)N(Cc1ccc(Cl)cc1)[C@H](C(=O)NCCCOCC)c1ccccc1. The van der Waals surface area contributed by atoms with Gasteiger partial charge in [-0.1, -0.05) is 61.0 Å². The molecular formula is C24H31ClN2O3. The van der Waals surface area contributed by atoms with E-state index in [1.165, 1.54) is 0 Å². The molecule has 0 aliphatic rings.